The van der Waals surface area contributed by atoms with Crippen molar-refractivity contribution in [1.29, 1.82) is 0 Å². The van der Waals surface area contributed by atoms with E-state index in [9.17, 15) is 4.79 Å². The number of fused-ring (bicyclic) bond motifs is 1. The van der Waals surface area contributed by atoms with Crippen molar-refractivity contribution in [3.63, 3.8) is 0 Å². The minimum absolute atomic E-state index is 0.296. The summed E-state index contributed by atoms with van der Waals surface area (Å²) in [5, 5.41) is 20.2. The molecule has 0 radical (unpaired) electrons. The zero-order valence-corrected chi connectivity index (χ0v) is 10.6. The fourth-order valence-corrected chi connectivity index (χ4v) is 2.08. The SMILES string of the molecule is O=C(O)c1ccc(CNc2cccc3cn[nH]c23)cc1. The molecule has 0 saturated carbocycles. The third-order valence-corrected chi connectivity index (χ3v) is 3.16. The molecule has 0 aliphatic carbocycles. The number of carboxylic acids is 1. The largest absolute Gasteiger partial charge is 0.478 e. The van der Waals surface area contributed by atoms with E-state index in [1.54, 1.807) is 18.3 Å². The van der Waals surface area contributed by atoms with Gasteiger partial charge in [0.1, 0.15) is 0 Å². The molecule has 0 atom stereocenters. The lowest BCUT2D eigenvalue weighted by Gasteiger charge is -2.07. The van der Waals surface area contributed by atoms with Crippen molar-refractivity contribution >= 4 is 22.6 Å². The van der Waals surface area contributed by atoms with Crippen molar-refractivity contribution in [3.8, 4) is 0 Å². The number of aromatic nitrogens is 2. The Labute approximate surface area is 115 Å². The Morgan fingerprint density at radius 2 is 2.00 bits per heavy atom. The van der Waals surface area contributed by atoms with Crippen molar-refractivity contribution in [1.82, 2.24) is 10.2 Å². The number of nitrogens with zero attached hydrogens (tertiary/aromatic N) is 1. The molecule has 2 aromatic carbocycles. The molecule has 1 aromatic heterocycles. The van der Waals surface area contributed by atoms with Crippen molar-refractivity contribution in [2.75, 3.05) is 5.32 Å². The first-order valence-electron chi connectivity index (χ1n) is 6.22. The summed E-state index contributed by atoms with van der Waals surface area (Å²) >= 11 is 0. The first-order valence-corrected chi connectivity index (χ1v) is 6.22. The molecule has 5 heteroatoms. The summed E-state index contributed by atoms with van der Waals surface area (Å²) in [5.74, 6) is -0.910. The molecule has 100 valence electrons. The second-order valence-corrected chi connectivity index (χ2v) is 4.50. The van der Waals surface area contributed by atoms with Gasteiger partial charge >= 0.3 is 5.97 Å². The number of carboxylic acid groups (broad SMARTS) is 1. The Bertz CT molecular complexity index is 747. The van der Waals surface area contributed by atoms with Crippen LogP contribution < -0.4 is 5.32 Å². The number of carbonyl (C=O) groups is 1. The van der Waals surface area contributed by atoms with E-state index in [4.69, 9.17) is 5.11 Å². The van der Waals surface area contributed by atoms with Crippen LogP contribution in [0.25, 0.3) is 10.9 Å². The average Bonchev–Trinajstić information content (AvgIpc) is 2.94. The van der Waals surface area contributed by atoms with Crippen molar-refractivity contribution in [2.24, 2.45) is 0 Å². The first kappa shape index (κ1) is 12.2. The van der Waals surface area contributed by atoms with Gasteiger partial charge in [0.05, 0.1) is 23.0 Å². The minimum Gasteiger partial charge on any atom is -0.478 e. The minimum atomic E-state index is -0.910. The topological polar surface area (TPSA) is 78.0 Å². The number of H-pyrrole nitrogens is 1. The van der Waals surface area contributed by atoms with E-state index >= 15 is 0 Å². The molecule has 0 aliphatic heterocycles. The van der Waals surface area contributed by atoms with Gasteiger partial charge in [0.25, 0.3) is 0 Å². The van der Waals surface area contributed by atoms with Gasteiger partial charge in [-0.25, -0.2) is 4.79 Å². The number of aromatic amines is 1. The first-order chi connectivity index (χ1) is 9.74. The molecule has 0 fully saturated rings. The highest BCUT2D eigenvalue weighted by Gasteiger charge is 2.04. The Morgan fingerprint density at radius 3 is 2.75 bits per heavy atom. The Kier molecular flexibility index (Phi) is 3.09. The molecule has 0 unspecified atom stereocenters. The van der Waals surface area contributed by atoms with Crippen molar-refractivity contribution in [3.05, 3.63) is 59.8 Å². The van der Waals surface area contributed by atoms with Crippen LogP contribution in [0.5, 0.6) is 0 Å². The molecular formula is C15H13N3O2. The smallest absolute Gasteiger partial charge is 0.335 e. The van der Waals surface area contributed by atoms with Crippen LogP contribution in [-0.2, 0) is 6.54 Å². The maximum Gasteiger partial charge on any atom is 0.335 e. The predicted molar refractivity (Wildman–Crippen MR) is 76.8 cm³/mol. The van der Waals surface area contributed by atoms with Crippen LogP contribution in [-0.4, -0.2) is 21.3 Å². The molecule has 3 rings (SSSR count). The summed E-state index contributed by atoms with van der Waals surface area (Å²) in [6.07, 6.45) is 1.78. The zero-order chi connectivity index (χ0) is 13.9. The summed E-state index contributed by atoms with van der Waals surface area (Å²) < 4.78 is 0. The highest BCUT2D eigenvalue weighted by Crippen LogP contribution is 2.21. The summed E-state index contributed by atoms with van der Waals surface area (Å²) in [6, 6.07) is 12.8. The molecule has 20 heavy (non-hydrogen) atoms. The number of hydrogen-bond acceptors (Lipinski definition) is 3. The van der Waals surface area contributed by atoms with Crippen molar-refractivity contribution < 1.29 is 9.90 Å². The molecule has 1 heterocycles. The fourth-order valence-electron chi connectivity index (χ4n) is 2.08. The van der Waals surface area contributed by atoms with Gasteiger partial charge in [-0.3, -0.25) is 5.10 Å². The molecule has 3 aromatic rings. The van der Waals surface area contributed by atoms with Gasteiger partial charge in [0, 0.05) is 11.9 Å². The molecule has 0 aliphatic rings. The highest BCUT2D eigenvalue weighted by molar-refractivity contribution is 5.90. The van der Waals surface area contributed by atoms with E-state index in [2.05, 4.69) is 15.5 Å². The normalized spacial score (nSPS) is 10.6. The molecule has 0 amide bonds. The number of aromatic carboxylic acids is 1. The monoisotopic (exact) mass is 267 g/mol. The van der Waals surface area contributed by atoms with E-state index in [0.717, 1.165) is 22.2 Å². The summed E-state index contributed by atoms with van der Waals surface area (Å²) in [6.45, 7) is 0.623. The van der Waals surface area contributed by atoms with Gasteiger partial charge in [0.15, 0.2) is 0 Å². The van der Waals surface area contributed by atoms with E-state index in [-0.39, 0.29) is 0 Å². The lowest BCUT2D eigenvalue weighted by molar-refractivity contribution is 0.0697. The third kappa shape index (κ3) is 2.33. The summed E-state index contributed by atoms with van der Waals surface area (Å²) in [4.78, 5) is 10.8. The highest BCUT2D eigenvalue weighted by atomic mass is 16.4. The quantitative estimate of drug-likeness (QED) is 0.679. The van der Waals surface area contributed by atoms with Crippen LogP contribution in [0.3, 0.4) is 0 Å². The second kappa shape index (κ2) is 5.05. The van der Waals surface area contributed by atoms with Gasteiger partial charge in [-0.05, 0) is 23.8 Å². The fraction of sp³-hybridized carbons (Fsp3) is 0.0667. The number of nitrogens with one attached hydrogen (secondary N) is 2. The lowest BCUT2D eigenvalue weighted by Crippen LogP contribution is -2.01. The van der Waals surface area contributed by atoms with E-state index in [0.29, 0.717) is 12.1 Å². The maximum atomic E-state index is 10.8. The van der Waals surface area contributed by atoms with Crippen LogP contribution in [0.2, 0.25) is 0 Å². The molecular weight excluding hydrogens is 254 g/mol. The lowest BCUT2D eigenvalue weighted by atomic mass is 10.1. The van der Waals surface area contributed by atoms with Crippen molar-refractivity contribution in [2.45, 2.75) is 6.54 Å². The van der Waals surface area contributed by atoms with Gasteiger partial charge in [0.2, 0.25) is 0 Å². The van der Waals surface area contributed by atoms with Crippen LogP contribution in [0.1, 0.15) is 15.9 Å². The van der Waals surface area contributed by atoms with Crippen LogP contribution in [0.15, 0.2) is 48.7 Å². The number of benzene rings is 2. The van der Waals surface area contributed by atoms with E-state index < -0.39 is 5.97 Å². The van der Waals surface area contributed by atoms with Crippen LogP contribution in [0, 0.1) is 0 Å². The molecule has 0 saturated heterocycles. The Morgan fingerprint density at radius 1 is 1.20 bits per heavy atom. The Hall–Kier alpha value is -2.82. The standard InChI is InChI=1S/C15H13N3O2/c19-15(20)11-6-4-10(5-7-11)8-16-13-3-1-2-12-9-17-18-14(12)13/h1-7,9,16H,8H2,(H,17,18)(H,19,20). The number of rotatable bonds is 4. The summed E-state index contributed by atoms with van der Waals surface area (Å²) in [7, 11) is 0. The summed E-state index contributed by atoms with van der Waals surface area (Å²) in [5.41, 5.74) is 3.26. The molecule has 3 N–H and O–H groups in total. The van der Waals surface area contributed by atoms with Gasteiger partial charge in [-0.2, -0.15) is 5.10 Å². The third-order valence-electron chi connectivity index (χ3n) is 3.16. The van der Waals surface area contributed by atoms with Gasteiger partial charge in [-0.1, -0.05) is 24.3 Å². The molecule has 5 nitrogen and oxygen atoms in total. The van der Waals surface area contributed by atoms with Gasteiger partial charge < -0.3 is 10.4 Å². The average molecular weight is 267 g/mol. The van der Waals surface area contributed by atoms with Crippen LogP contribution >= 0.6 is 0 Å². The number of para-hydroxylation sites is 1. The van der Waals surface area contributed by atoms with Crippen LogP contribution in [0.4, 0.5) is 5.69 Å². The number of anilines is 1. The second-order valence-electron chi connectivity index (χ2n) is 4.50. The number of hydrogen-bond donors (Lipinski definition) is 3. The maximum absolute atomic E-state index is 10.8. The van der Waals surface area contributed by atoms with E-state index in [1.807, 2.05) is 30.3 Å². The Balaban J connectivity index is 1.76. The van der Waals surface area contributed by atoms with E-state index in [1.165, 1.54) is 0 Å². The predicted octanol–water partition coefficient (Wildman–Crippen LogP) is 2.87. The van der Waals surface area contributed by atoms with Gasteiger partial charge in [-0.15, -0.1) is 0 Å². The molecule has 0 bridgehead atoms. The zero-order valence-electron chi connectivity index (χ0n) is 10.6. The molecule has 0 spiro atoms.